The summed E-state index contributed by atoms with van der Waals surface area (Å²) in [7, 11) is -3.45. The molecule has 0 aliphatic carbocycles. The zero-order valence-corrected chi connectivity index (χ0v) is 18.5. The third-order valence-electron chi connectivity index (χ3n) is 4.86. The van der Waals surface area contributed by atoms with Gasteiger partial charge >= 0.3 is 0 Å². The molecule has 0 unspecified atom stereocenters. The highest BCUT2D eigenvalue weighted by Crippen LogP contribution is 2.22. The molecule has 0 spiro atoms. The van der Waals surface area contributed by atoms with Crippen LogP contribution in [0.25, 0.3) is 0 Å². The van der Waals surface area contributed by atoms with Crippen molar-refractivity contribution < 1.29 is 13.2 Å². The molecule has 3 aromatic rings. The Hall–Kier alpha value is -3.12. The summed E-state index contributed by atoms with van der Waals surface area (Å²) in [5, 5.41) is 2.93. The molecule has 6 heteroatoms. The largest absolute Gasteiger partial charge is 0.322 e. The summed E-state index contributed by atoms with van der Waals surface area (Å²) in [6.07, 6.45) is 1.20. The number of hydrogen-bond acceptors (Lipinski definition) is 3. The van der Waals surface area contributed by atoms with Crippen molar-refractivity contribution in [3.05, 3.63) is 94.5 Å². The Bertz CT molecular complexity index is 1170. The van der Waals surface area contributed by atoms with E-state index in [0.717, 1.165) is 27.9 Å². The van der Waals surface area contributed by atoms with Gasteiger partial charge in [-0.15, -0.1) is 0 Å². The number of nitrogens with one attached hydrogen (secondary N) is 1. The molecule has 0 atom stereocenters. The van der Waals surface area contributed by atoms with Gasteiger partial charge in [-0.05, 0) is 67.8 Å². The first kappa shape index (κ1) is 21.6. The van der Waals surface area contributed by atoms with E-state index in [-0.39, 0.29) is 12.5 Å². The first-order chi connectivity index (χ1) is 14.1. The average Bonchev–Trinajstić information content (AvgIpc) is 2.68. The molecule has 0 saturated heterocycles. The number of carbonyl (C=O) groups excluding carboxylic acids is 1. The number of benzene rings is 3. The summed E-state index contributed by atoms with van der Waals surface area (Å²) in [6.45, 7) is 6.08. The quantitative estimate of drug-likeness (QED) is 0.619. The van der Waals surface area contributed by atoms with Crippen LogP contribution in [0.15, 0.2) is 66.7 Å². The molecule has 0 fully saturated rings. The second-order valence-corrected chi connectivity index (χ2v) is 9.48. The summed E-state index contributed by atoms with van der Waals surface area (Å²) in [5.74, 6) is -0.202. The van der Waals surface area contributed by atoms with Crippen LogP contribution in [-0.4, -0.2) is 20.6 Å². The van der Waals surface area contributed by atoms with Crippen molar-refractivity contribution in [2.45, 2.75) is 27.3 Å². The van der Waals surface area contributed by atoms with E-state index >= 15 is 0 Å². The summed E-state index contributed by atoms with van der Waals surface area (Å²) < 4.78 is 26.1. The van der Waals surface area contributed by atoms with Crippen molar-refractivity contribution in [1.29, 1.82) is 0 Å². The molecule has 0 aliphatic rings. The molecule has 30 heavy (non-hydrogen) atoms. The van der Waals surface area contributed by atoms with E-state index in [4.69, 9.17) is 0 Å². The highest BCUT2D eigenvalue weighted by atomic mass is 32.2. The van der Waals surface area contributed by atoms with Gasteiger partial charge in [-0.2, -0.15) is 0 Å². The fraction of sp³-hybridized carbons (Fsp3) is 0.208. The van der Waals surface area contributed by atoms with Crippen LogP contribution in [0.5, 0.6) is 0 Å². The van der Waals surface area contributed by atoms with Gasteiger partial charge in [0.1, 0.15) is 0 Å². The Kier molecular flexibility index (Phi) is 6.27. The predicted octanol–water partition coefficient (Wildman–Crippen LogP) is 4.83. The van der Waals surface area contributed by atoms with Gasteiger partial charge in [0, 0.05) is 11.3 Å². The highest BCUT2D eigenvalue weighted by molar-refractivity contribution is 7.92. The minimum atomic E-state index is -3.45. The topological polar surface area (TPSA) is 66.5 Å². The maximum atomic E-state index is 12.6. The summed E-state index contributed by atoms with van der Waals surface area (Å²) in [4.78, 5) is 12.6. The van der Waals surface area contributed by atoms with Crippen LogP contribution in [0, 0.1) is 20.8 Å². The molecule has 0 radical (unpaired) electrons. The van der Waals surface area contributed by atoms with Crippen molar-refractivity contribution in [2.24, 2.45) is 0 Å². The number of aryl methyl sites for hydroxylation is 3. The maximum Gasteiger partial charge on any atom is 0.255 e. The second-order valence-electron chi connectivity index (χ2n) is 7.58. The van der Waals surface area contributed by atoms with E-state index in [1.165, 1.54) is 10.6 Å². The average molecular weight is 423 g/mol. The maximum absolute atomic E-state index is 12.6. The van der Waals surface area contributed by atoms with Gasteiger partial charge in [0.05, 0.1) is 18.5 Å². The van der Waals surface area contributed by atoms with Crippen molar-refractivity contribution in [3.8, 4) is 0 Å². The van der Waals surface area contributed by atoms with Gasteiger partial charge in [-0.1, -0.05) is 42.0 Å². The lowest BCUT2D eigenvalue weighted by atomic mass is 10.1. The number of rotatable bonds is 6. The van der Waals surface area contributed by atoms with Crippen LogP contribution in [0.3, 0.4) is 0 Å². The number of carbonyl (C=O) groups is 1. The molecule has 0 saturated carbocycles. The van der Waals surface area contributed by atoms with Crippen molar-refractivity contribution in [2.75, 3.05) is 15.9 Å². The Morgan fingerprint density at radius 3 is 2.17 bits per heavy atom. The van der Waals surface area contributed by atoms with Crippen LogP contribution < -0.4 is 9.62 Å². The third kappa shape index (κ3) is 5.27. The molecule has 1 N–H and O–H groups in total. The van der Waals surface area contributed by atoms with Crippen LogP contribution in [0.2, 0.25) is 0 Å². The molecule has 3 rings (SSSR count). The van der Waals surface area contributed by atoms with Crippen LogP contribution >= 0.6 is 0 Å². The lowest BCUT2D eigenvalue weighted by Gasteiger charge is -2.23. The fourth-order valence-corrected chi connectivity index (χ4v) is 4.14. The summed E-state index contributed by atoms with van der Waals surface area (Å²) in [6, 6.07) is 20.2. The molecule has 0 heterocycles. The van der Waals surface area contributed by atoms with E-state index in [1.54, 1.807) is 30.3 Å². The van der Waals surface area contributed by atoms with E-state index in [9.17, 15) is 13.2 Å². The second kappa shape index (κ2) is 8.71. The number of hydrogen-bond donors (Lipinski definition) is 1. The number of anilines is 2. The molecule has 0 aromatic heterocycles. The molecule has 5 nitrogen and oxygen atoms in total. The SMILES string of the molecule is Cc1cccc(N(Cc2ccc(C(=O)Nc3ccc(C)cc3C)cc2)S(C)(=O)=O)c1. The van der Waals surface area contributed by atoms with E-state index < -0.39 is 10.0 Å². The number of sulfonamides is 1. The van der Waals surface area contributed by atoms with Crippen molar-refractivity contribution in [1.82, 2.24) is 0 Å². The standard InChI is InChI=1S/C24H26N2O3S/c1-17-6-5-7-22(15-17)26(30(4,28)29)16-20-9-11-21(12-10-20)24(27)25-23-13-8-18(2)14-19(23)3/h5-15H,16H2,1-4H3,(H,25,27). The van der Waals surface area contributed by atoms with Gasteiger partial charge < -0.3 is 5.32 Å². The van der Waals surface area contributed by atoms with E-state index in [1.807, 2.05) is 57.2 Å². The van der Waals surface area contributed by atoms with Gasteiger partial charge in [-0.3, -0.25) is 9.10 Å². The van der Waals surface area contributed by atoms with Crippen molar-refractivity contribution in [3.63, 3.8) is 0 Å². The predicted molar refractivity (Wildman–Crippen MR) is 123 cm³/mol. The first-order valence-electron chi connectivity index (χ1n) is 9.65. The lowest BCUT2D eigenvalue weighted by molar-refractivity contribution is 0.102. The summed E-state index contributed by atoms with van der Waals surface area (Å²) in [5.41, 5.74) is 5.83. The zero-order valence-electron chi connectivity index (χ0n) is 17.6. The highest BCUT2D eigenvalue weighted by Gasteiger charge is 2.18. The molecular formula is C24H26N2O3S. The zero-order chi connectivity index (χ0) is 21.9. The van der Waals surface area contributed by atoms with Crippen LogP contribution in [-0.2, 0) is 16.6 Å². The molecule has 3 aromatic carbocycles. The molecule has 0 aliphatic heterocycles. The Morgan fingerprint density at radius 1 is 0.900 bits per heavy atom. The molecule has 1 amide bonds. The van der Waals surface area contributed by atoms with Crippen LogP contribution in [0.4, 0.5) is 11.4 Å². The monoisotopic (exact) mass is 422 g/mol. The molecular weight excluding hydrogens is 396 g/mol. The Balaban J connectivity index is 1.77. The minimum absolute atomic E-state index is 0.196. The van der Waals surface area contributed by atoms with Crippen molar-refractivity contribution >= 4 is 27.3 Å². The van der Waals surface area contributed by atoms with Gasteiger partial charge in [0.15, 0.2) is 0 Å². The normalized spacial score (nSPS) is 11.2. The minimum Gasteiger partial charge on any atom is -0.322 e. The lowest BCUT2D eigenvalue weighted by Crippen LogP contribution is -2.29. The van der Waals surface area contributed by atoms with Gasteiger partial charge in [-0.25, -0.2) is 8.42 Å². The van der Waals surface area contributed by atoms with Gasteiger partial charge in [0.25, 0.3) is 5.91 Å². The number of nitrogens with zero attached hydrogens (tertiary/aromatic N) is 1. The Morgan fingerprint density at radius 2 is 1.57 bits per heavy atom. The van der Waals surface area contributed by atoms with Crippen LogP contribution in [0.1, 0.15) is 32.6 Å². The molecule has 0 bridgehead atoms. The summed E-state index contributed by atoms with van der Waals surface area (Å²) >= 11 is 0. The number of amides is 1. The smallest absolute Gasteiger partial charge is 0.255 e. The Labute approximate surface area is 178 Å². The van der Waals surface area contributed by atoms with E-state index in [2.05, 4.69) is 5.32 Å². The van der Waals surface area contributed by atoms with Gasteiger partial charge in [0.2, 0.25) is 10.0 Å². The first-order valence-corrected chi connectivity index (χ1v) is 11.5. The van der Waals surface area contributed by atoms with E-state index in [0.29, 0.717) is 11.3 Å². The fourth-order valence-electron chi connectivity index (χ4n) is 3.26. The third-order valence-corrected chi connectivity index (χ3v) is 6.00. The molecule has 156 valence electrons.